The van der Waals surface area contributed by atoms with Gasteiger partial charge in [0.25, 0.3) is 0 Å². The van der Waals surface area contributed by atoms with Crippen LogP contribution in [-0.2, 0) is 19.1 Å². The van der Waals surface area contributed by atoms with E-state index in [1.165, 1.54) is 7.11 Å². The Morgan fingerprint density at radius 2 is 1.81 bits per heavy atom. The third kappa shape index (κ3) is 8.26. The molecule has 26 heavy (non-hydrogen) atoms. The summed E-state index contributed by atoms with van der Waals surface area (Å²) in [5, 5.41) is 10.2. The second-order valence-electron chi connectivity index (χ2n) is 7.23. The summed E-state index contributed by atoms with van der Waals surface area (Å²) in [6, 6.07) is 0. The summed E-state index contributed by atoms with van der Waals surface area (Å²) in [5.41, 5.74) is 0. The fourth-order valence-corrected chi connectivity index (χ4v) is 3.53. The van der Waals surface area contributed by atoms with Crippen LogP contribution in [0.4, 0.5) is 0 Å². The van der Waals surface area contributed by atoms with Gasteiger partial charge >= 0.3 is 5.97 Å². The Hall–Kier alpha value is -1.49. The molecule has 1 aliphatic carbocycles. The van der Waals surface area contributed by atoms with E-state index in [4.69, 9.17) is 0 Å². The summed E-state index contributed by atoms with van der Waals surface area (Å²) in [5.74, 6) is -0.447. The molecule has 0 aromatic rings. The van der Waals surface area contributed by atoms with Crippen molar-refractivity contribution in [2.75, 3.05) is 7.11 Å². The number of Topliss-reactive ketones (excluding diaryl/α,β-unsaturated/α-hetero) is 1. The van der Waals surface area contributed by atoms with Crippen LogP contribution < -0.4 is 0 Å². The van der Waals surface area contributed by atoms with Crippen LogP contribution in [0.25, 0.3) is 0 Å². The molecule has 1 aliphatic rings. The molecule has 3 atom stereocenters. The highest BCUT2D eigenvalue weighted by atomic mass is 16.5. The zero-order valence-corrected chi connectivity index (χ0v) is 16.2. The summed E-state index contributed by atoms with van der Waals surface area (Å²) in [6.07, 6.45) is 11.1. The minimum Gasteiger partial charge on any atom is -0.469 e. The highest BCUT2D eigenvalue weighted by Gasteiger charge is 2.39. The Balaban J connectivity index is 2.38. The van der Waals surface area contributed by atoms with E-state index in [0.29, 0.717) is 12.8 Å². The fourth-order valence-electron chi connectivity index (χ4n) is 3.53. The molecule has 1 saturated carbocycles. The van der Waals surface area contributed by atoms with Gasteiger partial charge in [-0.1, -0.05) is 45.1 Å². The van der Waals surface area contributed by atoms with Gasteiger partial charge in [-0.05, 0) is 25.3 Å². The maximum atomic E-state index is 12.2. The van der Waals surface area contributed by atoms with Crippen LogP contribution in [0.1, 0.15) is 77.6 Å². The van der Waals surface area contributed by atoms with Crippen molar-refractivity contribution in [3.05, 3.63) is 12.2 Å². The number of ketones is 2. The minimum absolute atomic E-state index is 0.0755. The summed E-state index contributed by atoms with van der Waals surface area (Å²) < 4.78 is 4.61. The molecule has 5 heteroatoms. The van der Waals surface area contributed by atoms with Crippen LogP contribution >= 0.6 is 0 Å². The average Bonchev–Trinajstić information content (AvgIpc) is 2.89. The minimum atomic E-state index is -0.675. The van der Waals surface area contributed by atoms with Crippen molar-refractivity contribution in [3.63, 3.8) is 0 Å². The fraction of sp³-hybridized carbons (Fsp3) is 0.762. The molecule has 1 rings (SSSR count). The lowest BCUT2D eigenvalue weighted by Gasteiger charge is -2.17. The number of methoxy groups -OCH3 is 1. The van der Waals surface area contributed by atoms with Gasteiger partial charge in [0.15, 0.2) is 5.78 Å². The summed E-state index contributed by atoms with van der Waals surface area (Å²) in [7, 11) is 1.39. The number of rotatable bonds is 13. The number of aliphatic hydroxyl groups is 1. The molecular weight excluding hydrogens is 332 g/mol. The zero-order chi connectivity index (χ0) is 19.4. The van der Waals surface area contributed by atoms with Crippen LogP contribution in [0.5, 0.6) is 0 Å². The number of allylic oxidation sites excluding steroid dienone is 1. The smallest absolute Gasteiger partial charge is 0.305 e. The van der Waals surface area contributed by atoms with Gasteiger partial charge in [-0.3, -0.25) is 14.4 Å². The van der Waals surface area contributed by atoms with Gasteiger partial charge in [0.05, 0.1) is 13.2 Å². The van der Waals surface area contributed by atoms with Crippen molar-refractivity contribution in [1.29, 1.82) is 0 Å². The molecule has 0 aliphatic heterocycles. The number of carbonyl (C=O) groups is 3. The number of unbranched alkanes of at least 4 members (excludes halogenated alkanes) is 5. The van der Waals surface area contributed by atoms with Crippen LogP contribution in [0.15, 0.2) is 12.2 Å². The van der Waals surface area contributed by atoms with E-state index in [2.05, 4.69) is 11.7 Å². The van der Waals surface area contributed by atoms with Gasteiger partial charge < -0.3 is 9.84 Å². The Labute approximate surface area is 157 Å². The van der Waals surface area contributed by atoms with Crippen LogP contribution in [-0.4, -0.2) is 35.9 Å². The predicted molar refractivity (Wildman–Crippen MR) is 101 cm³/mol. The van der Waals surface area contributed by atoms with Crippen molar-refractivity contribution in [2.45, 2.75) is 83.7 Å². The first-order valence-corrected chi connectivity index (χ1v) is 9.98. The number of hydrogen-bond donors (Lipinski definition) is 1. The van der Waals surface area contributed by atoms with Gasteiger partial charge in [-0.15, -0.1) is 0 Å². The van der Waals surface area contributed by atoms with Gasteiger partial charge in [-0.25, -0.2) is 0 Å². The Bertz CT molecular complexity index is 483. The van der Waals surface area contributed by atoms with E-state index in [0.717, 1.165) is 51.4 Å². The Morgan fingerprint density at radius 1 is 1.12 bits per heavy atom. The highest BCUT2D eigenvalue weighted by Crippen LogP contribution is 2.34. The third-order valence-electron chi connectivity index (χ3n) is 5.14. The summed E-state index contributed by atoms with van der Waals surface area (Å²) in [4.78, 5) is 35.1. The van der Waals surface area contributed by atoms with Gasteiger partial charge in [-0.2, -0.15) is 0 Å². The molecule has 0 bridgehead atoms. The molecule has 0 aromatic heterocycles. The second-order valence-corrected chi connectivity index (χ2v) is 7.23. The van der Waals surface area contributed by atoms with E-state index in [1.54, 1.807) is 12.2 Å². The molecule has 0 aromatic carbocycles. The van der Waals surface area contributed by atoms with Crippen LogP contribution in [0.3, 0.4) is 0 Å². The van der Waals surface area contributed by atoms with E-state index in [9.17, 15) is 19.5 Å². The molecule has 0 unspecified atom stereocenters. The molecule has 0 amide bonds. The molecular formula is C21H34O5. The normalized spacial score (nSPS) is 22.9. The number of carbonyl (C=O) groups excluding carboxylic acids is 3. The van der Waals surface area contributed by atoms with Crippen molar-refractivity contribution in [1.82, 2.24) is 0 Å². The number of aliphatic hydroxyl groups excluding tert-OH is 1. The molecule has 148 valence electrons. The summed E-state index contributed by atoms with van der Waals surface area (Å²) >= 11 is 0. The molecule has 1 fully saturated rings. The number of esters is 1. The predicted octanol–water partition coefficient (Wildman–Crippen LogP) is 3.77. The SMILES string of the molecule is CCCCCC(=O)C=C[C@@H]1[C@@H](O)CC(=O)[C@@H]1CCCCCCC(=O)OC. The van der Waals surface area contributed by atoms with Crippen molar-refractivity contribution in [3.8, 4) is 0 Å². The molecule has 0 saturated heterocycles. The lowest BCUT2D eigenvalue weighted by atomic mass is 9.88. The van der Waals surface area contributed by atoms with Crippen molar-refractivity contribution in [2.24, 2.45) is 11.8 Å². The second kappa shape index (κ2) is 12.8. The maximum Gasteiger partial charge on any atom is 0.305 e. The van der Waals surface area contributed by atoms with E-state index >= 15 is 0 Å². The van der Waals surface area contributed by atoms with Gasteiger partial charge in [0, 0.05) is 31.1 Å². The molecule has 0 radical (unpaired) electrons. The molecule has 1 N–H and O–H groups in total. The van der Waals surface area contributed by atoms with Crippen LogP contribution in [0.2, 0.25) is 0 Å². The van der Waals surface area contributed by atoms with Crippen molar-refractivity contribution >= 4 is 17.5 Å². The molecule has 5 nitrogen and oxygen atoms in total. The largest absolute Gasteiger partial charge is 0.469 e. The first kappa shape index (κ1) is 22.6. The highest BCUT2D eigenvalue weighted by molar-refractivity contribution is 5.90. The first-order chi connectivity index (χ1) is 12.5. The number of ether oxygens (including phenoxy) is 1. The van der Waals surface area contributed by atoms with E-state index in [-0.39, 0.29) is 35.8 Å². The Kier molecular flexibility index (Phi) is 11.1. The quantitative estimate of drug-likeness (QED) is 0.305. The van der Waals surface area contributed by atoms with Gasteiger partial charge in [0.2, 0.25) is 0 Å². The molecule has 0 spiro atoms. The summed E-state index contributed by atoms with van der Waals surface area (Å²) in [6.45, 7) is 2.10. The average molecular weight is 366 g/mol. The topological polar surface area (TPSA) is 80.7 Å². The van der Waals surface area contributed by atoms with Crippen molar-refractivity contribution < 1.29 is 24.2 Å². The Morgan fingerprint density at radius 3 is 2.50 bits per heavy atom. The lowest BCUT2D eigenvalue weighted by molar-refractivity contribution is -0.140. The van der Waals surface area contributed by atoms with E-state index < -0.39 is 6.10 Å². The van der Waals surface area contributed by atoms with E-state index in [1.807, 2.05) is 0 Å². The number of hydrogen-bond acceptors (Lipinski definition) is 5. The van der Waals surface area contributed by atoms with Gasteiger partial charge in [0.1, 0.15) is 5.78 Å². The maximum absolute atomic E-state index is 12.2. The third-order valence-corrected chi connectivity index (χ3v) is 5.14. The standard InChI is InChI=1S/C21H34O5/c1-3-4-7-10-16(22)13-14-18-17(19(23)15-20(18)24)11-8-5-6-9-12-21(25)26-2/h13-14,17-18,20,24H,3-12,15H2,1-2H3/t17-,18+,20+/m1/s1. The molecule has 0 heterocycles. The lowest BCUT2D eigenvalue weighted by Crippen LogP contribution is -2.19. The first-order valence-electron chi connectivity index (χ1n) is 9.98. The van der Waals surface area contributed by atoms with Crippen LogP contribution in [0, 0.1) is 11.8 Å². The monoisotopic (exact) mass is 366 g/mol. The zero-order valence-electron chi connectivity index (χ0n) is 16.2.